The third-order valence-electron chi connectivity index (χ3n) is 10.2. The third kappa shape index (κ3) is 3.55. The lowest BCUT2D eigenvalue weighted by molar-refractivity contribution is 0.651. The molecule has 0 spiro atoms. The fraction of sp³-hybridized carbons (Fsp3) is 0. The molecule has 238 valence electrons. The summed E-state index contributed by atoms with van der Waals surface area (Å²) in [4.78, 5) is 14.8. The molecule has 0 atom stereocenters. The van der Waals surface area contributed by atoms with Crippen molar-refractivity contribution in [1.82, 2.24) is 32.9 Å². The van der Waals surface area contributed by atoms with Gasteiger partial charge in [0.1, 0.15) is 0 Å². The van der Waals surface area contributed by atoms with Crippen molar-refractivity contribution in [2.24, 2.45) is 0 Å². The predicted octanol–water partition coefficient (Wildman–Crippen LogP) is 10.1. The fourth-order valence-electron chi connectivity index (χ4n) is 8.02. The minimum Gasteiger partial charge on any atom is -0.435 e. The number of benzene rings is 6. The summed E-state index contributed by atoms with van der Waals surface area (Å²) in [5, 5.41) is 2.02. The van der Waals surface area contributed by atoms with Gasteiger partial charge in [-0.25, -0.2) is 15.0 Å². The monoisotopic (exact) mass is 655 g/mol. The second-order valence-electron chi connectivity index (χ2n) is 13.0. The molecule has 0 aliphatic rings. The van der Waals surface area contributed by atoms with E-state index in [1.54, 1.807) is 6.20 Å². The summed E-state index contributed by atoms with van der Waals surface area (Å²) >= 11 is 0. The van der Waals surface area contributed by atoms with Gasteiger partial charge >= 0.3 is 0 Å². The molecule has 8 nitrogen and oxygen atoms in total. The molecular weight excluding hydrogens is 631 g/mol. The molecule has 6 aromatic carbocycles. The highest BCUT2D eigenvalue weighted by Gasteiger charge is 2.22. The van der Waals surface area contributed by atoms with Gasteiger partial charge in [0.25, 0.3) is 0 Å². The quantitative estimate of drug-likeness (QED) is 0.190. The molecule has 8 heteroatoms. The normalized spacial score (nSPS) is 12.3. The Hall–Kier alpha value is -7.19. The molecule has 6 heterocycles. The Kier molecular flexibility index (Phi) is 5.09. The Balaban J connectivity index is 1.14. The van der Waals surface area contributed by atoms with E-state index in [9.17, 15) is 0 Å². The number of fused-ring (bicyclic) bond motifs is 13. The SMILES string of the molecule is c1ccc(-n2c3ccc(-c4ccc5c(c4)n4c6ccccc6nc4n5-c4cccc5c4oc4ncccc45)cc3n3c4ccccc4nc23)cc1. The van der Waals surface area contributed by atoms with E-state index >= 15 is 0 Å². The van der Waals surface area contributed by atoms with Crippen molar-refractivity contribution >= 4 is 77.8 Å². The van der Waals surface area contributed by atoms with Gasteiger partial charge in [-0.15, -0.1) is 0 Å². The Morgan fingerprint density at radius 3 is 1.76 bits per heavy atom. The van der Waals surface area contributed by atoms with Gasteiger partial charge in [-0.3, -0.25) is 17.9 Å². The number of aromatic nitrogens is 7. The molecule has 12 aromatic rings. The Morgan fingerprint density at radius 2 is 1.06 bits per heavy atom. The highest BCUT2D eigenvalue weighted by molar-refractivity contribution is 6.07. The van der Waals surface area contributed by atoms with Gasteiger partial charge in [0.2, 0.25) is 17.3 Å². The van der Waals surface area contributed by atoms with Crippen molar-refractivity contribution < 1.29 is 4.42 Å². The first-order valence-corrected chi connectivity index (χ1v) is 17.0. The summed E-state index contributed by atoms with van der Waals surface area (Å²) in [6.07, 6.45) is 1.77. The van der Waals surface area contributed by atoms with Crippen LogP contribution >= 0.6 is 0 Å². The van der Waals surface area contributed by atoms with E-state index in [0.717, 1.165) is 94.5 Å². The predicted molar refractivity (Wildman–Crippen MR) is 203 cm³/mol. The van der Waals surface area contributed by atoms with Crippen LogP contribution in [0, 0.1) is 0 Å². The lowest BCUT2D eigenvalue weighted by Gasteiger charge is -2.08. The Labute approximate surface area is 288 Å². The number of nitrogens with zero attached hydrogens (tertiary/aromatic N) is 7. The highest BCUT2D eigenvalue weighted by Crippen LogP contribution is 2.38. The molecular formula is C43H25N7O. The minimum absolute atomic E-state index is 0.625. The molecule has 0 saturated heterocycles. The summed E-state index contributed by atoms with van der Waals surface area (Å²) in [7, 11) is 0. The van der Waals surface area contributed by atoms with E-state index in [1.807, 2.05) is 24.3 Å². The van der Waals surface area contributed by atoms with E-state index in [0.29, 0.717) is 5.71 Å². The second-order valence-corrected chi connectivity index (χ2v) is 13.0. The summed E-state index contributed by atoms with van der Waals surface area (Å²) in [6, 6.07) is 50.8. The largest absolute Gasteiger partial charge is 0.435 e. The van der Waals surface area contributed by atoms with Crippen LogP contribution in [0.25, 0.3) is 100 Å². The zero-order valence-corrected chi connectivity index (χ0v) is 27.0. The van der Waals surface area contributed by atoms with E-state index in [-0.39, 0.29) is 0 Å². The van der Waals surface area contributed by atoms with Crippen LogP contribution in [0.1, 0.15) is 0 Å². The van der Waals surface area contributed by atoms with Gasteiger partial charge in [0.05, 0.1) is 49.8 Å². The second kappa shape index (κ2) is 9.71. The molecule has 0 fully saturated rings. The van der Waals surface area contributed by atoms with Crippen LogP contribution in [-0.4, -0.2) is 32.9 Å². The summed E-state index contributed by atoms with van der Waals surface area (Å²) in [5.41, 5.74) is 14.0. The van der Waals surface area contributed by atoms with Gasteiger partial charge in [-0.1, -0.05) is 66.7 Å². The maximum Gasteiger partial charge on any atom is 0.227 e. The first kappa shape index (κ1) is 26.7. The van der Waals surface area contributed by atoms with Gasteiger partial charge in [0.15, 0.2) is 5.58 Å². The summed E-state index contributed by atoms with van der Waals surface area (Å²) in [5.74, 6) is 1.72. The van der Waals surface area contributed by atoms with Crippen LogP contribution in [0.4, 0.5) is 0 Å². The molecule has 0 aliphatic heterocycles. The molecule has 0 bridgehead atoms. The zero-order chi connectivity index (χ0) is 33.2. The first-order chi connectivity index (χ1) is 25.3. The molecule has 0 amide bonds. The highest BCUT2D eigenvalue weighted by atomic mass is 16.3. The minimum atomic E-state index is 0.625. The Morgan fingerprint density at radius 1 is 0.451 bits per heavy atom. The number of hydrogen-bond donors (Lipinski definition) is 0. The van der Waals surface area contributed by atoms with Crippen LogP contribution in [-0.2, 0) is 0 Å². The molecule has 51 heavy (non-hydrogen) atoms. The number of para-hydroxylation sites is 6. The van der Waals surface area contributed by atoms with Crippen molar-refractivity contribution in [3.63, 3.8) is 0 Å². The van der Waals surface area contributed by atoms with E-state index in [1.165, 1.54) is 0 Å². The zero-order valence-electron chi connectivity index (χ0n) is 27.0. The van der Waals surface area contributed by atoms with Crippen molar-refractivity contribution in [2.45, 2.75) is 0 Å². The molecule has 0 saturated carbocycles. The average molecular weight is 656 g/mol. The van der Waals surface area contributed by atoms with Crippen molar-refractivity contribution in [3.05, 3.63) is 152 Å². The molecule has 6 aromatic heterocycles. The van der Waals surface area contributed by atoms with Gasteiger partial charge in [0, 0.05) is 22.7 Å². The topological polar surface area (TPSA) is 70.5 Å². The number of rotatable bonds is 3. The van der Waals surface area contributed by atoms with Crippen LogP contribution < -0.4 is 0 Å². The maximum absolute atomic E-state index is 6.43. The maximum atomic E-state index is 6.43. The average Bonchev–Trinajstić information content (AvgIpc) is 3.98. The van der Waals surface area contributed by atoms with Crippen molar-refractivity contribution in [2.75, 3.05) is 0 Å². The first-order valence-electron chi connectivity index (χ1n) is 17.0. The number of pyridine rings is 1. The standard InChI is InChI=1S/C43H25N7O/c1-2-10-28(11-3-1)47-35-21-19-26(24-38(35)48-33-16-6-4-14-31(33)45-42(47)48)27-20-22-36-39(25-27)49-34-17-7-5-15-32(34)46-43(49)50(36)37-18-8-12-29-30-13-9-23-44-41(30)51-40(29)37/h1-25H. The van der Waals surface area contributed by atoms with Gasteiger partial charge in [-0.05, 0) is 90.0 Å². The number of furan rings is 1. The fourth-order valence-corrected chi connectivity index (χ4v) is 8.02. The van der Waals surface area contributed by atoms with Gasteiger partial charge in [-0.2, -0.15) is 0 Å². The Bertz CT molecular complexity index is 3380. The van der Waals surface area contributed by atoms with E-state index < -0.39 is 0 Å². The van der Waals surface area contributed by atoms with Crippen LogP contribution in [0.2, 0.25) is 0 Å². The molecule has 0 unspecified atom stereocenters. The van der Waals surface area contributed by atoms with Gasteiger partial charge < -0.3 is 4.42 Å². The van der Waals surface area contributed by atoms with E-state index in [2.05, 4.69) is 144 Å². The van der Waals surface area contributed by atoms with E-state index in [4.69, 9.17) is 14.4 Å². The summed E-state index contributed by atoms with van der Waals surface area (Å²) in [6.45, 7) is 0. The molecule has 0 N–H and O–H groups in total. The van der Waals surface area contributed by atoms with Crippen molar-refractivity contribution in [1.29, 1.82) is 0 Å². The number of imidazole rings is 4. The lowest BCUT2D eigenvalue weighted by Crippen LogP contribution is -1.95. The van der Waals surface area contributed by atoms with Crippen LogP contribution in [0.5, 0.6) is 0 Å². The third-order valence-corrected chi connectivity index (χ3v) is 10.2. The molecule has 0 radical (unpaired) electrons. The van der Waals surface area contributed by atoms with Crippen LogP contribution in [0.3, 0.4) is 0 Å². The molecule has 12 rings (SSSR count). The summed E-state index contributed by atoms with van der Waals surface area (Å²) < 4.78 is 15.4. The molecule has 0 aliphatic carbocycles. The lowest BCUT2D eigenvalue weighted by atomic mass is 10.0. The van der Waals surface area contributed by atoms with Crippen LogP contribution in [0.15, 0.2) is 156 Å². The number of hydrogen-bond acceptors (Lipinski definition) is 4. The van der Waals surface area contributed by atoms with Crippen molar-refractivity contribution in [3.8, 4) is 22.5 Å². The smallest absolute Gasteiger partial charge is 0.227 e.